The number of amides is 1. The van der Waals surface area contributed by atoms with Crippen molar-refractivity contribution in [3.8, 4) is 0 Å². The smallest absolute Gasteiger partial charge is 0.388 e. The number of rotatable bonds is 5. The van der Waals surface area contributed by atoms with E-state index in [2.05, 4.69) is 20.9 Å². The second kappa shape index (κ2) is 9.25. The molecule has 1 fully saturated rings. The Hall–Kier alpha value is -2.98. The number of halogens is 6. The lowest BCUT2D eigenvalue weighted by atomic mass is 9.90. The van der Waals surface area contributed by atoms with Gasteiger partial charge in [-0.2, -0.15) is 26.3 Å². The molecule has 0 atom stereocenters. The maximum absolute atomic E-state index is 13.0. The van der Waals surface area contributed by atoms with E-state index in [0.29, 0.717) is 43.4 Å². The van der Waals surface area contributed by atoms with Crippen LogP contribution in [0.1, 0.15) is 47.4 Å². The van der Waals surface area contributed by atoms with Crippen LogP contribution < -0.4 is 16.0 Å². The first kappa shape index (κ1) is 23.7. The summed E-state index contributed by atoms with van der Waals surface area (Å²) in [5.74, 6) is -0.233. The van der Waals surface area contributed by atoms with E-state index in [9.17, 15) is 31.1 Å². The van der Waals surface area contributed by atoms with Gasteiger partial charge in [0.05, 0.1) is 0 Å². The van der Waals surface area contributed by atoms with E-state index in [1.807, 2.05) is 0 Å². The third kappa shape index (κ3) is 6.04. The molecule has 2 aromatic rings. The average molecular weight is 460 g/mol. The summed E-state index contributed by atoms with van der Waals surface area (Å²) in [4.78, 5) is 15.1. The number of anilines is 2. The van der Waals surface area contributed by atoms with Gasteiger partial charge in [-0.3, -0.25) is 4.79 Å². The molecule has 0 spiro atoms. The summed E-state index contributed by atoms with van der Waals surface area (Å²) in [7, 11) is 1.77. The van der Waals surface area contributed by atoms with Gasteiger partial charge in [-0.05, 0) is 62.1 Å². The number of nitrogens with zero attached hydrogens (tertiary/aromatic N) is 1. The third-order valence-electron chi connectivity index (χ3n) is 5.28. The molecule has 1 aliphatic rings. The fourth-order valence-electron chi connectivity index (χ4n) is 3.58. The first-order chi connectivity index (χ1) is 15.0. The van der Waals surface area contributed by atoms with Crippen molar-refractivity contribution in [1.82, 2.24) is 10.3 Å². The minimum absolute atomic E-state index is 0.126. The van der Waals surface area contributed by atoms with Crippen molar-refractivity contribution in [2.45, 2.75) is 50.1 Å². The molecule has 0 bridgehead atoms. The molecule has 1 aliphatic carbocycles. The van der Waals surface area contributed by atoms with Gasteiger partial charge in [-0.15, -0.1) is 0 Å². The molecule has 11 heteroatoms. The van der Waals surface area contributed by atoms with Gasteiger partial charge in [0.2, 0.25) is 0 Å². The van der Waals surface area contributed by atoms with Crippen molar-refractivity contribution in [3.05, 3.63) is 53.3 Å². The van der Waals surface area contributed by atoms with Crippen LogP contribution in [0.5, 0.6) is 0 Å². The first-order valence-electron chi connectivity index (χ1n) is 9.97. The predicted molar refractivity (Wildman–Crippen MR) is 107 cm³/mol. The van der Waals surface area contributed by atoms with E-state index in [1.165, 1.54) is 0 Å². The summed E-state index contributed by atoms with van der Waals surface area (Å²) in [6.45, 7) is 0. The fourth-order valence-corrected chi connectivity index (χ4v) is 3.58. The second-order valence-electron chi connectivity index (χ2n) is 7.62. The van der Waals surface area contributed by atoms with E-state index in [1.54, 1.807) is 31.3 Å². The Labute approximate surface area is 180 Å². The van der Waals surface area contributed by atoms with Crippen LogP contribution in [0, 0.1) is 0 Å². The lowest BCUT2D eigenvalue weighted by Gasteiger charge is -2.30. The lowest BCUT2D eigenvalue weighted by molar-refractivity contribution is -0.150. The molecular weight excluding hydrogens is 438 g/mol. The van der Waals surface area contributed by atoms with Crippen LogP contribution in [0.3, 0.4) is 0 Å². The van der Waals surface area contributed by atoms with Crippen molar-refractivity contribution in [3.63, 3.8) is 0 Å². The van der Waals surface area contributed by atoms with E-state index < -0.39 is 23.7 Å². The highest BCUT2D eigenvalue weighted by molar-refractivity contribution is 5.94. The Morgan fingerprint density at radius 1 is 0.844 bits per heavy atom. The normalized spacial score (nSPS) is 19.3. The van der Waals surface area contributed by atoms with Crippen LogP contribution >= 0.6 is 0 Å². The molecular formula is C21H22F6N4O. The molecule has 174 valence electrons. The van der Waals surface area contributed by atoms with Crippen LogP contribution in [-0.4, -0.2) is 30.0 Å². The molecule has 5 nitrogen and oxygen atoms in total. The highest BCUT2D eigenvalue weighted by Crippen LogP contribution is 2.35. The predicted octanol–water partition coefficient (Wildman–Crippen LogP) is 5.31. The summed E-state index contributed by atoms with van der Waals surface area (Å²) in [6, 6.07) is 7.64. The molecule has 0 saturated heterocycles. The molecule has 1 heterocycles. The number of carbonyl (C=O) groups excluding carboxylic acids is 1. The van der Waals surface area contributed by atoms with Gasteiger partial charge >= 0.3 is 12.4 Å². The maximum atomic E-state index is 13.0. The molecule has 1 aromatic heterocycles. The zero-order valence-corrected chi connectivity index (χ0v) is 17.1. The summed E-state index contributed by atoms with van der Waals surface area (Å²) >= 11 is 0. The molecule has 0 aliphatic heterocycles. The quantitative estimate of drug-likeness (QED) is 0.529. The molecule has 1 aromatic carbocycles. The van der Waals surface area contributed by atoms with Gasteiger partial charge < -0.3 is 16.0 Å². The summed E-state index contributed by atoms with van der Waals surface area (Å²) in [5, 5.41) is 8.64. The van der Waals surface area contributed by atoms with Crippen molar-refractivity contribution >= 4 is 17.3 Å². The van der Waals surface area contributed by atoms with E-state index >= 15 is 0 Å². The summed E-state index contributed by atoms with van der Waals surface area (Å²) < 4.78 is 77.8. The summed E-state index contributed by atoms with van der Waals surface area (Å²) in [6.07, 6.45) is -7.94. The number of hydrogen-bond acceptors (Lipinski definition) is 4. The molecule has 1 saturated carbocycles. The Kier molecular flexibility index (Phi) is 6.85. The Balaban J connectivity index is 1.60. The molecule has 0 radical (unpaired) electrons. The SMILES string of the molecule is CNc1ccc(C(=O)NC2CCC(Nc3cc(C(F)(F)F)nc(C(F)(F)F)c3)CC2)cc1. The molecule has 0 unspecified atom stereocenters. The zero-order chi connectivity index (χ0) is 23.5. The zero-order valence-electron chi connectivity index (χ0n) is 17.1. The van der Waals surface area contributed by atoms with Gasteiger partial charge in [-0.1, -0.05) is 0 Å². The molecule has 3 rings (SSSR count). The van der Waals surface area contributed by atoms with Crippen molar-refractivity contribution < 1.29 is 31.1 Å². The van der Waals surface area contributed by atoms with E-state index in [-0.39, 0.29) is 23.7 Å². The number of aromatic nitrogens is 1. The van der Waals surface area contributed by atoms with Crippen LogP contribution in [0.15, 0.2) is 36.4 Å². The topological polar surface area (TPSA) is 66.1 Å². The summed E-state index contributed by atoms with van der Waals surface area (Å²) in [5.41, 5.74) is -2.11. The number of alkyl halides is 6. The van der Waals surface area contributed by atoms with Crippen LogP contribution in [-0.2, 0) is 12.4 Å². The monoisotopic (exact) mass is 460 g/mol. The number of hydrogen-bond donors (Lipinski definition) is 3. The van der Waals surface area contributed by atoms with Crippen LogP contribution in [0.2, 0.25) is 0 Å². The third-order valence-corrected chi connectivity index (χ3v) is 5.28. The Morgan fingerprint density at radius 3 is 1.81 bits per heavy atom. The minimum atomic E-state index is -5.00. The number of carbonyl (C=O) groups is 1. The highest BCUT2D eigenvalue weighted by Gasteiger charge is 2.39. The van der Waals surface area contributed by atoms with Gasteiger partial charge in [0.25, 0.3) is 5.91 Å². The van der Waals surface area contributed by atoms with Crippen molar-refractivity contribution in [2.75, 3.05) is 17.7 Å². The lowest BCUT2D eigenvalue weighted by Crippen LogP contribution is -2.40. The Bertz CT molecular complexity index is 903. The minimum Gasteiger partial charge on any atom is -0.388 e. The molecule has 32 heavy (non-hydrogen) atoms. The van der Waals surface area contributed by atoms with Crippen LogP contribution in [0.25, 0.3) is 0 Å². The van der Waals surface area contributed by atoms with Gasteiger partial charge in [0, 0.05) is 36.1 Å². The first-order valence-corrected chi connectivity index (χ1v) is 9.97. The molecule has 1 amide bonds. The second-order valence-corrected chi connectivity index (χ2v) is 7.62. The van der Waals surface area contributed by atoms with Gasteiger partial charge in [0.1, 0.15) is 11.4 Å². The number of nitrogens with one attached hydrogen (secondary N) is 3. The van der Waals surface area contributed by atoms with Crippen LogP contribution in [0.4, 0.5) is 37.7 Å². The Morgan fingerprint density at radius 2 is 1.34 bits per heavy atom. The van der Waals surface area contributed by atoms with Gasteiger partial charge in [-0.25, -0.2) is 4.98 Å². The van der Waals surface area contributed by atoms with E-state index in [0.717, 1.165) is 5.69 Å². The average Bonchev–Trinajstić information content (AvgIpc) is 2.73. The molecule has 3 N–H and O–H groups in total. The number of benzene rings is 1. The van der Waals surface area contributed by atoms with Gasteiger partial charge in [0.15, 0.2) is 0 Å². The standard InChI is InChI=1S/C21H22F6N4O/c1-28-13-4-2-12(3-5-13)19(32)30-15-8-6-14(7-9-15)29-16-10-17(20(22,23)24)31-18(11-16)21(25,26)27/h2-5,10-11,14-15,28H,6-9H2,1H3,(H,29,31)(H,30,32). The fraction of sp³-hybridized carbons (Fsp3) is 0.429. The number of pyridine rings is 1. The van der Waals surface area contributed by atoms with E-state index in [4.69, 9.17) is 0 Å². The van der Waals surface area contributed by atoms with Crippen molar-refractivity contribution in [2.24, 2.45) is 0 Å². The highest BCUT2D eigenvalue weighted by atomic mass is 19.4. The maximum Gasteiger partial charge on any atom is 0.433 e. The van der Waals surface area contributed by atoms with Crippen molar-refractivity contribution in [1.29, 1.82) is 0 Å². The largest absolute Gasteiger partial charge is 0.433 e.